The van der Waals surface area contributed by atoms with Gasteiger partial charge in [-0.3, -0.25) is 5.10 Å². The van der Waals surface area contributed by atoms with Crippen molar-refractivity contribution in [1.29, 1.82) is 0 Å². The van der Waals surface area contributed by atoms with Crippen LogP contribution in [0.3, 0.4) is 0 Å². The Bertz CT molecular complexity index is 1500. The van der Waals surface area contributed by atoms with Gasteiger partial charge in [-0.05, 0) is 49.6 Å². The zero-order valence-corrected chi connectivity index (χ0v) is 21.0. The van der Waals surface area contributed by atoms with E-state index >= 15 is 0 Å². The molecular weight excluding hydrogens is 466 g/mol. The van der Waals surface area contributed by atoms with E-state index in [1.807, 2.05) is 69.3 Å². The monoisotopic (exact) mass is 495 g/mol. The van der Waals surface area contributed by atoms with Gasteiger partial charge in [0.25, 0.3) is 0 Å². The maximum absolute atomic E-state index is 12.0. The Morgan fingerprint density at radius 3 is 2.43 bits per heavy atom. The predicted molar refractivity (Wildman–Crippen MR) is 145 cm³/mol. The summed E-state index contributed by atoms with van der Waals surface area (Å²) in [6.07, 6.45) is 0.350. The number of para-hydroxylation sites is 2. The van der Waals surface area contributed by atoms with Crippen molar-refractivity contribution in [2.24, 2.45) is 0 Å². The maximum atomic E-state index is 12.0. The van der Waals surface area contributed by atoms with Crippen LogP contribution < -0.4 is 10.6 Å². The Labute approximate surface area is 214 Å². The average Bonchev–Trinajstić information content (AvgIpc) is 3.51. The van der Waals surface area contributed by atoms with Gasteiger partial charge in [0.05, 0.1) is 17.6 Å². The summed E-state index contributed by atoms with van der Waals surface area (Å²) >= 11 is 0. The summed E-state index contributed by atoms with van der Waals surface area (Å²) in [5.74, 6) is 1.03. The zero-order chi connectivity index (χ0) is 25.9. The molecule has 0 fully saturated rings. The first-order valence-corrected chi connectivity index (χ1v) is 12.1. The minimum atomic E-state index is -0.890. The minimum absolute atomic E-state index is 0.350. The van der Waals surface area contributed by atoms with Gasteiger partial charge in [0.2, 0.25) is 5.95 Å². The van der Waals surface area contributed by atoms with Gasteiger partial charge in [0.1, 0.15) is 11.9 Å². The number of imidazole rings is 1. The highest BCUT2D eigenvalue weighted by Crippen LogP contribution is 2.24. The minimum Gasteiger partial charge on any atom is -0.480 e. The average molecular weight is 496 g/mol. The smallest absolute Gasteiger partial charge is 0.326 e. The molecule has 0 spiro atoms. The molecule has 0 amide bonds. The van der Waals surface area contributed by atoms with Crippen LogP contribution >= 0.6 is 0 Å². The molecule has 9 heteroatoms. The summed E-state index contributed by atoms with van der Waals surface area (Å²) in [6, 6.07) is 18.9. The van der Waals surface area contributed by atoms with Crippen molar-refractivity contribution in [3.63, 3.8) is 0 Å². The fourth-order valence-electron chi connectivity index (χ4n) is 4.52. The molecule has 188 valence electrons. The second-order valence-corrected chi connectivity index (χ2v) is 9.27. The molecule has 5 rings (SSSR count). The zero-order valence-electron chi connectivity index (χ0n) is 21.0. The van der Waals surface area contributed by atoms with Gasteiger partial charge in [-0.1, -0.05) is 54.1 Å². The molecule has 0 bridgehead atoms. The molecule has 0 saturated heterocycles. The van der Waals surface area contributed by atoms with Gasteiger partial charge < -0.3 is 20.7 Å². The number of fused-ring (bicyclic) bond motifs is 1. The summed E-state index contributed by atoms with van der Waals surface area (Å²) in [4.78, 5) is 24.3. The molecular formula is C28H29N7O2. The van der Waals surface area contributed by atoms with Gasteiger partial charge in [-0.15, -0.1) is 0 Å². The summed E-state index contributed by atoms with van der Waals surface area (Å²) < 4.78 is 0. The fraction of sp³-hybridized carbons (Fsp3) is 0.214. The third-order valence-electron chi connectivity index (χ3n) is 6.29. The molecule has 2 aromatic heterocycles. The number of carboxylic acid groups (broad SMARTS) is 1. The van der Waals surface area contributed by atoms with E-state index in [0.29, 0.717) is 30.6 Å². The number of nitrogens with zero attached hydrogens (tertiary/aromatic N) is 3. The van der Waals surface area contributed by atoms with E-state index in [0.717, 1.165) is 44.5 Å². The molecule has 2 heterocycles. The van der Waals surface area contributed by atoms with Crippen molar-refractivity contribution < 1.29 is 9.90 Å². The van der Waals surface area contributed by atoms with Crippen LogP contribution in [0.1, 0.15) is 28.1 Å². The van der Waals surface area contributed by atoms with Crippen LogP contribution in [-0.2, 0) is 17.8 Å². The summed E-state index contributed by atoms with van der Waals surface area (Å²) in [6.45, 7) is 6.46. The second-order valence-electron chi connectivity index (χ2n) is 9.27. The number of aryl methyl sites for hydroxylation is 3. The van der Waals surface area contributed by atoms with Gasteiger partial charge >= 0.3 is 5.97 Å². The number of carboxylic acids is 1. The van der Waals surface area contributed by atoms with Crippen LogP contribution in [0.2, 0.25) is 0 Å². The fourth-order valence-corrected chi connectivity index (χ4v) is 4.52. The molecule has 0 saturated carbocycles. The Morgan fingerprint density at radius 2 is 1.73 bits per heavy atom. The molecule has 0 aliphatic rings. The largest absolute Gasteiger partial charge is 0.480 e. The van der Waals surface area contributed by atoms with E-state index in [-0.39, 0.29) is 0 Å². The molecule has 5 aromatic rings. The molecule has 9 nitrogen and oxygen atoms in total. The number of hydrogen-bond acceptors (Lipinski definition) is 6. The molecule has 0 aliphatic carbocycles. The molecule has 1 atom stereocenters. The van der Waals surface area contributed by atoms with E-state index in [9.17, 15) is 9.90 Å². The van der Waals surface area contributed by atoms with Crippen LogP contribution in [0, 0.1) is 20.8 Å². The SMILES string of the molecule is Cc1cc(C)c(NC(Cc2ccc(-c3n[nH]c(CNc4nc5ccccc5[nH]4)n3)cc2)C(=O)O)c(C)c1. The van der Waals surface area contributed by atoms with E-state index in [4.69, 9.17) is 0 Å². The second kappa shape index (κ2) is 10.1. The predicted octanol–water partition coefficient (Wildman–Crippen LogP) is 4.99. The number of benzene rings is 3. The lowest BCUT2D eigenvalue weighted by molar-refractivity contribution is -0.137. The number of nitrogens with one attached hydrogen (secondary N) is 4. The standard InChI is InChI=1S/C28H29N7O2/c1-16-12-17(2)25(18(3)13-16)30-23(27(36)37)14-19-8-10-20(11-9-19)26-33-24(34-35-26)15-29-28-31-21-6-4-5-7-22(21)32-28/h4-13,23,30H,14-15H2,1-3H3,(H,36,37)(H2,29,31,32)(H,33,34,35). The van der Waals surface area contributed by atoms with Crippen molar-refractivity contribution >= 4 is 28.6 Å². The number of rotatable bonds is 9. The number of anilines is 2. The van der Waals surface area contributed by atoms with Crippen LogP contribution in [-0.4, -0.2) is 42.3 Å². The third kappa shape index (κ3) is 5.45. The molecule has 1 unspecified atom stereocenters. The molecule has 5 N–H and O–H groups in total. The number of hydrogen-bond donors (Lipinski definition) is 5. The first-order valence-electron chi connectivity index (χ1n) is 12.1. The van der Waals surface area contributed by atoms with E-state index < -0.39 is 12.0 Å². The van der Waals surface area contributed by atoms with Crippen molar-refractivity contribution in [2.45, 2.75) is 39.8 Å². The molecule has 0 aliphatic heterocycles. The van der Waals surface area contributed by atoms with E-state index in [1.165, 1.54) is 0 Å². The van der Waals surface area contributed by atoms with Crippen molar-refractivity contribution in [3.8, 4) is 11.4 Å². The summed E-state index contributed by atoms with van der Waals surface area (Å²) in [5.41, 5.74) is 7.72. The van der Waals surface area contributed by atoms with E-state index in [1.54, 1.807) is 0 Å². The highest BCUT2D eigenvalue weighted by Gasteiger charge is 2.20. The molecule has 0 radical (unpaired) electrons. The van der Waals surface area contributed by atoms with Crippen molar-refractivity contribution in [3.05, 3.63) is 88.7 Å². The first kappa shape index (κ1) is 24.1. The van der Waals surface area contributed by atoms with Crippen LogP contribution in [0.4, 0.5) is 11.6 Å². The Balaban J connectivity index is 1.23. The highest BCUT2D eigenvalue weighted by atomic mass is 16.4. The van der Waals surface area contributed by atoms with Gasteiger partial charge in [0.15, 0.2) is 5.82 Å². The first-order chi connectivity index (χ1) is 17.9. The van der Waals surface area contributed by atoms with E-state index in [2.05, 4.69) is 47.9 Å². The quantitative estimate of drug-likeness (QED) is 0.195. The number of aromatic nitrogens is 5. The van der Waals surface area contributed by atoms with Crippen molar-refractivity contribution in [2.75, 3.05) is 10.6 Å². The summed E-state index contributed by atoms with van der Waals surface area (Å²) in [5, 5.41) is 23.6. The van der Waals surface area contributed by atoms with Crippen molar-refractivity contribution in [1.82, 2.24) is 25.1 Å². The number of aliphatic carboxylic acids is 1. The lowest BCUT2D eigenvalue weighted by Gasteiger charge is -2.20. The lowest BCUT2D eigenvalue weighted by atomic mass is 10.0. The molecule has 3 aromatic carbocycles. The Hall–Kier alpha value is -4.66. The van der Waals surface area contributed by atoms with Gasteiger partial charge in [0, 0.05) is 17.7 Å². The summed E-state index contributed by atoms with van der Waals surface area (Å²) in [7, 11) is 0. The number of aromatic amines is 2. The Morgan fingerprint density at radius 1 is 1.00 bits per heavy atom. The van der Waals surface area contributed by atoms with Crippen LogP contribution in [0.25, 0.3) is 22.4 Å². The normalized spacial score (nSPS) is 12.0. The van der Waals surface area contributed by atoms with Gasteiger partial charge in [-0.2, -0.15) is 5.10 Å². The van der Waals surface area contributed by atoms with Crippen LogP contribution in [0.15, 0.2) is 60.7 Å². The molecule has 37 heavy (non-hydrogen) atoms. The number of H-pyrrole nitrogens is 2. The van der Waals surface area contributed by atoms with Gasteiger partial charge in [-0.25, -0.2) is 14.8 Å². The number of carbonyl (C=O) groups is 1. The van der Waals surface area contributed by atoms with Crippen LogP contribution in [0.5, 0.6) is 0 Å². The third-order valence-corrected chi connectivity index (χ3v) is 6.29. The Kier molecular flexibility index (Phi) is 6.59. The maximum Gasteiger partial charge on any atom is 0.326 e. The topological polar surface area (TPSA) is 132 Å². The highest BCUT2D eigenvalue weighted by molar-refractivity contribution is 5.79. The lowest BCUT2D eigenvalue weighted by Crippen LogP contribution is -2.32.